The zero-order valence-corrected chi connectivity index (χ0v) is 18.4. The lowest BCUT2D eigenvalue weighted by Gasteiger charge is -2.30. The number of aryl methyl sites for hydroxylation is 2. The summed E-state index contributed by atoms with van der Waals surface area (Å²) in [7, 11) is 0. The Morgan fingerprint density at radius 1 is 0.967 bits per heavy atom. The third-order valence-corrected chi connectivity index (χ3v) is 7.80. The SMILES string of the molecule is O=C(CSc1nncn1CCc1cccs1)N1c2ccccc2Sc2ccccc21. The molecule has 3 heterocycles. The van der Waals surface area contributed by atoms with Crippen LogP contribution in [0.4, 0.5) is 11.4 Å². The van der Waals surface area contributed by atoms with E-state index < -0.39 is 0 Å². The molecule has 0 bridgehead atoms. The van der Waals surface area contributed by atoms with Crippen molar-refractivity contribution in [2.24, 2.45) is 0 Å². The number of carbonyl (C=O) groups excluding carboxylic acids is 1. The minimum atomic E-state index is 0.0352. The standard InChI is InChI=1S/C22H18N4OS3/c27-21(14-29-22-24-23-15-25(22)12-11-16-6-5-13-28-16)26-17-7-1-3-9-19(17)30-20-10-4-2-8-18(20)26/h1-10,13,15H,11-12,14H2. The van der Waals surface area contributed by atoms with Crippen LogP contribution >= 0.6 is 34.9 Å². The molecular weight excluding hydrogens is 432 g/mol. The Balaban J connectivity index is 1.33. The molecule has 0 radical (unpaired) electrons. The first-order chi connectivity index (χ1) is 14.8. The summed E-state index contributed by atoms with van der Waals surface area (Å²) in [6, 6.07) is 20.3. The van der Waals surface area contributed by atoms with Crippen molar-refractivity contribution >= 4 is 52.1 Å². The van der Waals surface area contributed by atoms with E-state index in [0.29, 0.717) is 5.75 Å². The molecule has 1 aliphatic rings. The molecule has 8 heteroatoms. The molecule has 0 spiro atoms. The van der Waals surface area contributed by atoms with Crippen LogP contribution in [0, 0.1) is 0 Å². The molecule has 1 aliphatic heterocycles. The Labute approximate surface area is 187 Å². The van der Waals surface area contributed by atoms with Gasteiger partial charge in [0.1, 0.15) is 6.33 Å². The average molecular weight is 451 g/mol. The lowest BCUT2D eigenvalue weighted by molar-refractivity contribution is -0.115. The van der Waals surface area contributed by atoms with Gasteiger partial charge in [0.05, 0.1) is 17.1 Å². The molecule has 0 N–H and O–H groups in total. The summed E-state index contributed by atoms with van der Waals surface area (Å²) < 4.78 is 2.02. The first-order valence-electron chi connectivity index (χ1n) is 9.51. The average Bonchev–Trinajstić information content (AvgIpc) is 3.46. The van der Waals surface area contributed by atoms with Crippen LogP contribution < -0.4 is 4.90 Å². The minimum absolute atomic E-state index is 0.0352. The Hall–Kier alpha value is -2.55. The fourth-order valence-electron chi connectivity index (χ4n) is 3.36. The van der Waals surface area contributed by atoms with E-state index in [0.717, 1.165) is 39.3 Å². The second-order valence-electron chi connectivity index (χ2n) is 6.69. The first kappa shape index (κ1) is 19.4. The molecule has 2 aromatic heterocycles. The molecule has 5 nitrogen and oxygen atoms in total. The number of carbonyl (C=O) groups is 1. The van der Waals surface area contributed by atoms with Crippen LogP contribution in [0.25, 0.3) is 0 Å². The molecule has 0 aliphatic carbocycles. The molecule has 0 unspecified atom stereocenters. The predicted octanol–water partition coefficient (Wildman–Crippen LogP) is 5.50. The van der Waals surface area contributed by atoms with Gasteiger partial charge in [0.25, 0.3) is 0 Å². The van der Waals surface area contributed by atoms with E-state index in [1.807, 2.05) is 45.9 Å². The van der Waals surface area contributed by atoms with Gasteiger partial charge in [0, 0.05) is 21.2 Å². The second-order valence-corrected chi connectivity index (χ2v) is 9.75. The zero-order valence-electron chi connectivity index (χ0n) is 16.0. The highest BCUT2D eigenvalue weighted by molar-refractivity contribution is 8.00. The number of hydrogen-bond acceptors (Lipinski definition) is 6. The van der Waals surface area contributed by atoms with Gasteiger partial charge in [-0.3, -0.25) is 9.69 Å². The number of amides is 1. The van der Waals surface area contributed by atoms with Gasteiger partial charge in [0.15, 0.2) is 5.16 Å². The summed E-state index contributed by atoms with van der Waals surface area (Å²) in [6.07, 6.45) is 2.67. The quantitative estimate of drug-likeness (QED) is 0.363. The molecule has 30 heavy (non-hydrogen) atoms. The van der Waals surface area contributed by atoms with Gasteiger partial charge in [0.2, 0.25) is 5.91 Å². The number of benzene rings is 2. The molecule has 0 fully saturated rings. The van der Waals surface area contributed by atoms with Crippen LogP contribution in [0.15, 0.2) is 87.3 Å². The van der Waals surface area contributed by atoms with Gasteiger partial charge in [-0.15, -0.1) is 21.5 Å². The van der Waals surface area contributed by atoms with Crippen LogP contribution in [0.1, 0.15) is 4.88 Å². The van der Waals surface area contributed by atoms with Gasteiger partial charge >= 0.3 is 0 Å². The molecular formula is C22H18N4OS3. The Morgan fingerprint density at radius 2 is 1.70 bits per heavy atom. The highest BCUT2D eigenvalue weighted by Gasteiger charge is 2.28. The zero-order chi connectivity index (χ0) is 20.3. The Morgan fingerprint density at radius 3 is 2.40 bits per heavy atom. The number of anilines is 2. The summed E-state index contributed by atoms with van der Waals surface area (Å²) in [5, 5.41) is 11.1. The molecule has 1 amide bonds. The molecule has 2 aromatic carbocycles. The molecule has 0 saturated carbocycles. The van der Waals surface area contributed by atoms with Crippen LogP contribution in [-0.2, 0) is 17.8 Å². The highest BCUT2D eigenvalue weighted by atomic mass is 32.2. The fourth-order valence-corrected chi connectivity index (χ4v) is 5.91. The number of rotatable bonds is 6. The molecule has 150 valence electrons. The topological polar surface area (TPSA) is 51.0 Å². The third kappa shape index (κ3) is 3.90. The number of thioether (sulfide) groups is 1. The minimum Gasteiger partial charge on any atom is -0.308 e. The molecule has 0 atom stereocenters. The van der Waals surface area contributed by atoms with Gasteiger partial charge in [-0.25, -0.2) is 0 Å². The number of fused-ring (bicyclic) bond motifs is 2. The molecule has 5 rings (SSSR count). The van der Waals surface area contributed by atoms with Crippen LogP contribution in [-0.4, -0.2) is 26.4 Å². The monoisotopic (exact) mass is 450 g/mol. The Kier molecular flexibility index (Phi) is 5.61. The van der Waals surface area contributed by atoms with E-state index in [4.69, 9.17) is 0 Å². The number of aromatic nitrogens is 3. The van der Waals surface area contributed by atoms with Gasteiger partial charge in [-0.1, -0.05) is 53.9 Å². The maximum Gasteiger partial charge on any atom is 0.242 e. The van der Waals surface area contributed by atoms with Crippen molar-refractivity contribution in [1.29, 1.82) is 0 Å². The van der Waals surface area contributed by atoms with Crippen molar-refractivity contribution in [2.45, 2.75) is 27.9 Å². The van der Waals surface area contributed by atoms with Crippen molar-refractivity contribution in [3.8, 4) is 0 Å². The number of thiophene rings is 1. The van der Waals surface area contributed by atoms with Gasteiger partial charge in [-0.2, -0.15) is 0 Å². The predicted molar refractivity (Wildman–Crippen MR) is 123 cm³/mol. The lowest BCUT2D eigenvalue weighted by Crippen LogP contribution is -2.30. The Bertz CT molecular complexity index is 1130. The van der Waals surface area contributed by atoms with Crippen LogP contribution in [0.5, 0.6) is 0 Å². The lowest BCUT2D eigenvalue weighted by atomic mass is 10.2. The summed E-state index contributed by atoms with van der Waals surface area (Å²) in [4.78, 5) is 18.7. The number of hydrogen-bond donors (Lipinski definition) is 0. The third-order valence-electron chi connectivity index (χ3n) is 4.77. The summed E-state index contributed by atoms with van der Waals surface area (Å²) in [5.74, 6) is 0.332. The van der Waals surface area contributed by atoms with E-state index in [1.165, 1.54) is 16.6 Å². The van der Waals surface area contributed by atoms with Gasteiger partial charge in [-0.05, 0) is 42.1 Å². The summed E-state index contributed by atoms with van der Waals surface area (Å²) in [5.41, 5.74) is 1.87. The normalized spacial score (nSPS) is 12.5. The fraction of sp³-hybridized carbons (Fsp3) is 0.136. The smallest absolute Gasteiger partial charge is 0.242 e. The summed E-state index contributed by atoms with van der Waals surface area (Å²) >= 11 is 4.89. The van der Waals surface area contributed by atoms with Crippen molar-refractivity contribution in [2.75, 3.05) is 10.7 Å². The number of para-hydroxylation sites is 2. The van der Waals surface area contributed by atoms with Gasteiger partial charge < -0.3 is 4.57 Å². The van der Waals surface area contributed by atoms with Crippen molar-refractivity contribution in [1.82, 2.24) is 14.8 Å². The molecule has 0 saturated heterocycles. The maximum absolute atomic E-state index is 13.3. The van der Waals surface area contributed by atoms with Crippen molar-refractivity contribution < 1.29 is 4.79 Å². The summed E-state index contributed by atoms with van der Waals surface area (Å²) in [6.45, 7) is 0.802. The second kappa shape index (κ2) is 8.67. The van der Waals surface area contributed by atoms with Crippen molar-refractivity contribution in [3.63, 3.8) is 0 Å². The van der Waals surface area contributed by atoms with Crippen molar-refractivity contribution in [3.05, 3.63) is 77.2 Å². The van der Waals surface area contributed by atoms with Crippen LogP contribution in [0.2, 0.25) is 0 Å². The van der Waals surface area contributed by atoms with E-state index in [-0.39, 0.29) is 5.91 Å². The van der Waals surface area contributed by atoms with E-state index in [9.17, 15) is 4.79 Å². The largest absolute Gasteiger partial charge is 0.308 e. The molecule has 4 aromatic rings. The highest BCUT2D eigenvalue weighted by Crippen LogP contribution is 2.48. The first-order valence-corrected chi connectivity index (χ1v) is 12.2. The number of nitrogens with zero attached hydrogens (tertiary/aromatic N) is 4. The van der Waals surface area contributed by atoms with E-state index in [1.54, 1.807) is 29.4 Å². The van der Waals surface area contributed by atoms with E-state index in [2.05, 4.69) is 39.8 Å². The maximum atomic E-state index is 13.3. The van der Waals surface area contributed by atoms with E-state index >= 15 is 0 Å². The van der Waals surface area contributed by atoms with Crippen LogP contribution in [0.3, 0.4) is 0 Å².